The number of benzene rings is 1. The van der Waals surface area contributed by atoms with Crippen molar-refractivity contribution < 1.29 is 0 Å². The van der Waals surface area contributed by atoms with Gasteiger partial charge in [-0.1, -0.05) is 29.8 Å². The van der Waals surface area contributed by atoms with Crippen molar-refractivity contribution in [3.05, 3.63) is 34.9 Å². The third-order valence-electron chi connectivity index (χ3n) is 4.10. The summed E-state index contributed by atoms with van der Waals surface area (Å²) in [7, 11) is 2.19. The molecule has 1 aliphatic rings. The molecule has 1 atom stereocenters. The Balaban J connectivity index is 1.76. The fourth-order valence-corrected chi connectivity index (χ4v) is 4.16. The van der Waals surface area contributed by atoms with Crippen LogP contribution >= 0.6 is 23.4 Å². The molecule has 0 amide bonds. The maximum Gasteiger partial charge on any atom is 0.0453 e. The number of nitrogens with zero attached hydrogens (tertiary/aromatic N) is 1. The van der Waals surface area contributed by atoms with E-state index in [1.54, 1.807) is 0 Å². The molecule has 1 N–H and O–H groups in total. The largest absolute Gasteiger partial charge is 0.317 e. The molecule has 112 valence electrons. The summed E-state index contributed by atoms with van der Waals surface area (Å²) in [6, 6.07) is 8.53. The summed E-state index contributed by atoms with van der Waals surface area (Å²) >= 11 is 8.41. The Morgan fingerprint density at radius 2 is 2.05 bits per heavy atom. The number of piperidine rings is 1. The number of hydrogen-bond donors (Lipinski definition) is 1. The lowest BCUT2D eigenvalue weighted by molar-refractivity contribution is 0.278. The first kappa shape index (κ1) is 16.2. The first-order valence-electron chi connectivity index (χ1n) is 7.45. The molecular formula is C16H25ClN2S. The first-order valence-corrected chi connectivity index (χ1v) is 8.88. The second kappa shape index (κ2) is 8.28. The summed E-state index contributed by atoms with van der Waals surface area (Å²) in [5.41, 5.74) is 1.23. The number of halogens is 1. The number of thioether (sulfide) groups is 1. The van der Waals surface area contributed by atoms with Crippen LogP contribution in [0, 0.1) is 0 Å². The van der Waals surface area contributed by atoms with Crippen molar-refractivity contribution in [3.8, 4) is 0 Å². The van der Waals surface area contributed by atoms with Gasteiger partial charge in [-0.2, -0.15) is 11.8 Å². The molecule has 1 saturated heterocycles. The van der Waals surface area contributed by atoms with E-state index < -0.39 is 0 Å². The van der Waals surface area contributed by atoms with Crippen LogP contribution in [0.25, 0.3) is 0 Å². The molecule has 1 fully saturated rings. The zero-order valence-electron chi connectivity index (χ0n) is 12.4. The molecule has 1 heterocycles. The van der Waals surface area contributed by atoms with E-state index in [-0.39, 0.29) is 0 Å². The molecule has 1 unspecified atom stereocenters. The summed E-state index contributed by atoms with van der Waals surface area (Å²) in [5.74, 6) is 1.20. The summed E-state index contributed by atoms with van der Waals surface area (Å²) < 4.78 is 0. The van der Waals surface area contributed by atoms with Crippen LogP contribution in [0.2, 0.25) is 5.02 Å². The van der Waals surface area contributed by atoms with Gasteiger partial charge >= 0.3 is 0 Å². The lowest BCUT2D eigenvalue weighted by Gasteiger charge is -2.27. The van der Waals surface area contributed by atoms with Crippen molar-refractivity contribution in [1.29, 1.82) is 0 Å². The highest BCUT2D eigenvalue weighted by Crippen LogP contribution is 2.27. The fourth-order valence-electron chi connectivity index (χ4n) is 2.57. The lowest BCUT2D eigenvalue weighted by atomic mass is 10.1. The van der Waals surface area contributed by atoms with Crippen LogP contribution in [0.3, 0.4) is 0 Å². The highest BCUT2D eigenvalue weighted by molar-refractivity contribution is 7.99. The van der Waals surface area contributed by atoms with Gasteiger partial charge in [-0.05, 0) is 51.5 Å². The average Bonchev–Trinajstić information content (AvgIpc) is 2.48. The Morgan fingerprint density at radius 3 is 2.75 bits per heavy atom. The maximum absolute atomic E-state index is 6.28. The Hall–Kier alpha value is -0.220. The van der Waals surface area contributed by atoms with Crippen LogP contribution in [0.15, 0.2) is 24.3 Å². The topological polar surface area (TPSA) is 15.3 Å². The fraction of sp³-hybridized carbons (Fsp3) is 0.625. The van der Waals surface area contributed by atoms with Gasteiger partial charge < -0.3 is 5.32 Å². The van der Waals surface area contributed by atoms with Crippen molar-refractivity contribution in [2.45, 2.75) is 31.1 Å². The molecule has 0 spiro atoms. The molecule has 1 aromatic rings. The molecule has 0 bridgehead atoms. The molecule has 0 radical (unpaired) electrons. The predicted octanol–water partition coefficient (Wildman–Crippen LogP) is 3.82. The van der Waals surface area contributed by atoms with E-state index in [2.05, 4.69) is 48.1 Å². The summed E-state index contributed by atoms with van der Waals surface area (Å²) in [4.78, 5) is 2.40. The third kappa shape index (κ3) is 4.66. The number of rotatable bonds is 6. The van der Waals surface area contributed by atoms with Gasteiger partial charge in [0.2, 0.25) is 0 Å². The molecule has 4 heteroatoms. The summed E-state index contributed by atoms with van der Waals surface area (Å²) in [6.45, 7) is 5.71. The monoisotopic (exact) mass is 312 g/mol. The molecule has 1 aromatic carbocycles. The quantitative estimate of drug-likeness (QED) is 0.859. The van der Waals surface area contributed by atoms with Crippen molar-refractivity contribution in [3.63, 3.8) is 0 Å². The van der Waals surface area contributed by atoms with Gasteiger partial charge in [0.05, 0.1) is 0 Å². The van der Waals surface area contributed by atoms with Gasteiger partial charge in [0.1, 0.15) is 0 Å². The minimum absolute atomic E-state index is 0.373. The molecule has 0 aromatic heterocycles. The average molecular weight is 313 g/mol. The van der Waals surface area contributed by atoms with E-state index in [1.165, 1.54) is 37.2 Å². The SMILES string of the molecule is CC(c1ccccc1Cl)N(C)CCSC1CCNCC1. The molecule has 0 aliphatic carbocycles. The predicted molar refractivity (Wildman–Crippen MR) is 90.8 cm³/mol. The van der Waals surface area contributed by atoms with Crippen molar-refractivity contribution >= 4 is 23.4 Å². The summed E-state index contributed by atoms with van der Waals surface area (Å²) in [5, 5.41) is 5.14. The molecule has 0 saturated carbocycles. The van der Waals surface area contributed by atoms with Gasteiger partial charge in [-0.25, -0.2) is 0 Å². The van der Waals surface area contributed by atoms with Crippen molar-refractivity contribution in [2.75, 3.05) is 32.4 Å². The summed E-state index contributed by atoms with van der Waals surface area (Å²) in [6.07, 6.45) is 2.63. The first-order chi connectivity index (χ1) is 9.68. The second-order valence-corrected chi connectivity index (χ2v) is 7.31. The standard InChI is InChI=1S/C16H25ClN2S/c1-13(15-5-3-4-6-16(15)17)19(2)11-12-20-14-7-9-18-10-8-14/h3-6,13-14,18H,7-12H2,1-2H3. The molecular weight excluding hydrogens is 288 g/mol. The van der Waals surface area contributed by atoms with Crippen molar-refractivity contribution in [2.24, 2.45) is 0 Å². The lowest BCUT2D eigenvalue weighted by Crippen LogP contribution is -2.30. The minimum atomic E-state index is 0.373. The Kier molecular flexibility index (Phi) is 6.69. The second-order valence-electron chi connectivity index (χ2n) is 5.50. The van der Waals surface area contributed by atoms with Gasteiger partial charge in [-0.15, -0.1) is 0 Å². The van der Waals surface area contributed by atoms with Crippen LogP contribution < -0.4 is 5.32 Å². The molecule has 2 rings (SSSR count). The van der Waals surface area contributed by atoms with Crippen LogP contribution in [-0.2, 0) is 0 Å². The van der Waals surface area contributed by atoms with E-state index in [9.17, 15) is 0 Å². The van der Waals surface area contributed by atoms with Crippen molar-refractivity contribution in [1.82, 2.24) is 10.2 Å². The zero-order valence-corrected chi connectivity index (χ0v) is 14.0. The van der Waals surface area contributed by atoms with Crippen LogP contribution in [0.4, 0.5) is 0 Å². The highest BCUT2D eigenvalue weighted by atomic mass is 35.5. The Bertz CT molecular complexity index is 407. The van der Waals surface area contributed by atoms with E-state index in [0.29, 0.717) is 6.04 Å². The molecule has 1 aliphatic heterocycles. The Labute approximate surface area is 132 Å². The van der Waals surface area contributed by atoms with Gasteiger partial charge in [-0.3, -0.25) is 4.90 Å². The molecule has 2 nitrogen and oxygen atoms in total. The smallest absolute Gasteiger partial charge is 0.0453 e. The normalized spacial score (nSPS) is 18.4. The maximum atomic E-state index is 6.28. The van der Waals surface area contributed by atoms with Crippen LogP contribution in [0.5, 0.6) is 0 Å². The third-order valence-corrected chi connectivity index (χ3v) is 5.81. The zero-order chi connectivity index (χ0) is 14.4. The van der Waals surface area contributed by atoms with E-state index in [4.69, 9.17) is 11.6 Å². The van der Waals surface area contributed by atoms with Crippen LogP contribution in [0.1, 0.15) is 31.4 Å². The molecule has 20 heavy (non-hydrogen) atoms. The van der Waals surface area contributed by atoms with E-state index in [0.717, 1.165) is 16.8 Å². The number of hydrogen-bond acceptors (Lipinski definition) is 3. The van der Waals surface area contributed by atoms with Gasteiger partial charge in [0.25, 0.3) is 0 Å². The Morgan fingerprint density at radius 1 is 1.35 bits per heavy atom. The number of nitrogens with one attached hydrogen (secondary N) is 1. The van der Waals surface area contributed by atoms with Gasteiger partial charge in [0, 0.05) is 28.6 Å². The minimum Gasteiger partial charge on any atom is -0.317 e. The van der Waals surface area contributed by atoms with E-state index in [1.807, 2.05) is 12.1 Å². The van der Waals surface area contributed by atoms with E-state index >= 15 is 0 Å². The van der Waals surface area contributed by atoms with Gasteiger partial charge in [0.15, 0.2) is 0 Å². The highest BCUT2D eigenvalue weighted by Gasteiger charge is 2.16. The van der Waals surface area contributed by atoms with Crippen LogP contribution in [-0.4, -0.2) is 42.6 Å².